The van der Waals surface area contributed by atoms with Crippen LogP contribution >= 0.6 is 0 Å². The van der Waals surface area contributed by atoms with Gasteiger partial charge in [0.2, 0.25) is 0 Å². The molecule has 0 aliphatic rings. The molecule has 0 N–H and O–H groups in total. The fourth-order valence-corrected chi connectivity index (χ4v) is 2.02. The van der Waals surface area contributed by atoms with Crippen molar-refractivity contribution in [2.45, 2.75) is 0 Å². The van der Waals surface area contributed by atoms with Gasteiger partial charge in [-0.15, -0.1) is 0 Å². The first-order valence-corrected chi connectivity index (χ1v) is 5.77. The lowest BCUT2D eigenvalue weighted by Crippen LogP contribution is -2.19. The molecule has 1 aromatic heterocycles. The summed E-state index contributed by atoms with van der Waals surface area (Å²) in [5, 5.41) is 9.64. The van der Waals surface area contributed by atoms with Gasteiger partial charge in [0.15, 0.2) is 0 Å². The molecule has 0 bridgehead atoms. The van der Waals surface area contributed by atoms with Crippen molar-refractivity contribution < 1.29 is 0 Å². The van der Waals surface area contributed by atoms with E-state index in [0.717, 1.165) is 0 Å². The van der Waals surface area contributed by atoms with Gasteiger partial charge in [-0.05, 0) is 24.3 Å². The third kappa shape index (κ3) is 1.78. The summed E-state index contributed by atoms with van der Waals surface area (Å²) in [6.07, 6.45) is 1.46. The smallest absolute Gasteiger partial charge is 0.265 e. The van der Waals surface area contributed by atoms with Crippen molar-refractivity contribution >= 4 is 10.9 Å². The first kappa shape index (κ1) is 11.2. The number of para-hydroxylation sites is 2. The molecule has 90 valence electrons. The Morgan fingerprint density at radius 3 is 2.63 bits per heavy atom. The van der Waals surface area contributed by atoms with Crippen LogP contribution in [0.25, 0.3) is 16.6 Å². The molecule has 0 atom stereocenters. The average molecular weight is 247 g/mol. The van der Waals surface area contributed by atoms with Crippen molar-refractivity contribution in [3.8, 4) is 11.8 Å². The summed E-state index contributed by atoms with van der Waals surface area (Å²) in [7, 11) is 0. The van der Waals surface area contributed by atoms with Crippen molar-refractivity contribution in [3.05, 3.63) is 70.8 Å². The Balaban J connectivity index is 2.36. The summed E-state index contributed by atoms with van der Waals surface area (Å²) < 4.78 is 1.40. The standard InChI is InChI=1S/C15H9N3O/c16-9-11-5-1-4-8-14(11)18-10-17-13-7-3-2-6-12(13)15(18)19/h1-8,10H. The predicted octanol–water partition coefficient (Wildman–Crippen LogP) is 2.26. The Hall–Kier alpha value is -2.93. The van der Waals surface area contributed by atoms with Gasteiger partial charge in [-0.2, -0.15) is 5.26 Å². The summed E-state index contributed by atoms with van der Waals surface area (Å²) in [5.74, 6) is 0. The minimum Gasteiger partial charge on any atom is -0.268 e. The van der Waals surface area contributed by atoms with Crippen LogP contribution in [-0.4, -0.2) is 9.55 Å². The topological polar surface area (TPSA) is 58.7 Å². The maximum atomic E-state index is 12.4. The van der Waals surface area contributed by atoms with Crippen LogP contribution in [-0.2, 0) is 0 Å². The molecule has 0 aliphatic carbocycles. The number of nitrogens with zero attached hydrogens (tertiary/aromatic N) is 3. The highest BCUT2D eigenvalue weighted by Crippen LogP contribution is 2.13. The zero-order valence-electron chi connectivity index (χ0n) is 9.95. The number of benzene rings is 2. The third-order valence-corrected chi connectivity index (χ3v) is 2.95. The molecule has 3 rings (SSSR count). The van der Waals surface area contributed by atoms with Crippen LogP contribution in [0.3, 0.4) is 0 Å². The fourth-order valence-electron chi connectivity index (χ4n) is 2.02. The number of nitriles is 1. The molecule has 0 spiro atoms. The minimum atomic E-state index is -0.173. The lowest BCUT2D eigenvalue weighted by atomic mass is 10.2. The number of hydrogen-bond donors (Lipinski definition) is 0. The van der Waals surface area contributed by atoms with Crippen LogP contribution in [0.15, 0.2) is 59.7 Å². The molecule has 0 amide bonds. The van der Waals surface area contributed by atoms with Crippen molar-refractivity contribution in [3.63, 3.8) is 0 Å². The summed E-state index contributed by atoms with van der Waals surface area (Å²) in [6.45, 7) is 0. The van der Waals surface area contributed by atoms with Crippen LogP contribution in [0.5, 0.6) is 0 Å². The van der Waals surface area contributed by atoms with Gasteiger partial charge in [-0.1, -0.05) is 24.3 Å². The van der Waals surface area contributed by atoms with Gasteiger partial charge in [0.05, 0.1) is 22.2 Å². The second kappa shape index (κ2) is 4.39. The largest absolute Gasteiger partial charge is 0.268 e. The van der Waals surface area contributed by atoms with Gasteiger partial charge in [-0.3, -0.25) is 9.36 Å². The molecular formula is C15H9N3O. The molecule has 19 heavy (non-hydrogen) atoms. The highest BCUT2D eigenvalue weighted by molar-refractivity contribution is 5.77. The number of rotatable bonds is 1. The lowest BCUT2D eigenvalue weighted by Gasteiger charge is -2.07. The van der Waals surface area contributed by atoms with Gasteiger partial charge >= 0.3 is 0 Å². The molecule has 0 unspecified atom stereocenters. The quantitative estimate of drug-likeness (QED) is 0.662. The predicted molar refractivity (Wildman–Crippen MR) is 72.1 cm³/mol. The Bertz CT molecular complexity index is 859. The maximum Gasteiger partial charge on any atom is 0.265 e. The van der Waals surface area contributed by atoms with Crippen LogP contribution in [0, 0.1) is 11.3 Å². The van der Waals surface area contributed by atoms with E-state index >= 15 is 0 Å². The second-order valence-corrected chi connectivity index (χ2v) is 4.07. The van der Waals surface area contributed by atoms with Crippen LogP contribution < -0.4 is 5.56 Å². The Labute approximate surface area is 109 Å². The molecule has 2 aromatic carbocycles. The fraction of sp³-hybridized carbons (Fsp3) is 0. The van der Waals surface area contributed by atoms with Crippen molar-refractivity contribution in [1.29, 1.82) is 5.26 Å². The number of aromatic nitrogens is 2. The number of fused-ring (bicyclic) bond motifs is 1. The minimum absolute atomic E-state index is 0.173. The molecule has 0 saturated carbocycles. The molecular weight excluding hydrogens is 238 g/mol. The third-order valence-electron chi connectivity index (χ3n) is 2.95. The molecule has 4 nitrogen and oxygen atoms in total. The van der Waals surface area contributed by atoms with Gasteiger partial charge in [0.25, 0.3) is 5.56 Å². The van der Waals surface area contributed by atoms with E-state index < -0.39 is 0 Å². The first-order chi connectivity index (χ1) is 9.31. The van der Waals surface area contributed by atoms with E-state index in [1.54, 1.807) is 42.5 Å². The average Bonchev–Trinajstić information content (AvgIpc) is 2.48. The van der Waals surface area contributed by atoms with Crippen LogP contribution in [0.2, 0.25) is 0 Å². The van der Waals surface area contributed by atoms with Gasteiger partial charge in [-0.25, -0.2) is 4.98 Å². The Morgan fingerprint density at radius 1 is 1.05 bits per heavy atom. The molecule has 0 saturated heterocycles. The van der Waals surface area contributed by atoms with Gasteiger partial charge in [0.1, 0.15) is 12.4 Å². The number of hydrogen-bond acceptors (Lipinski definition) is 3. The Kier molecular flexibility index (Phi) is 2.58. The molecule has 3 aromatic rings. The first-order valence-electron chi connectivity index (χ1n) is 5.77. The molecule has 0 aliphatic heterocycles. The second-order valence-electron chi connectivity index (χ2n) is 4.07. The highest BCUT2D eigenvalue weighted by Gasteiger charge is 2.08. The van der Waals surface area contributed by atoms with Crippen molar-refractivity contribution in [2.75, 3.05) is 0 Å². The molecule has 0 fully saturated rings. The zero-order valence-corrected chi connectivity index (χ0v) is 9.95. The molecule has 4 heteroatoms. The monoisotopic (exact) mass is 247 g/mol. The van der Waals surface area contributed by atoms with Crippen LogP contribution in [0.4, 0.5) is 0 Å². The van der Waals surface area contributed by atoms with E-state index in [4.69, 9.17) is 5.26 Å². The lowest BCUT2D eigenvalue weighted by molar-refractivity contribution is 0.959. The summed E-state index contributed by atoms with van der Waals surface area (Å²) in [5.41, 5.74) is 1.47. The van der Waals surface area contributed by atoms with Crippen molar-refractivity contribution in [2.24, 2.45) is 0 Å². The van der Waals surface area contributed by atoms with E-state index in [9.17, 15) is 4.79 Å². The van der Waals surface area contributed by atoms with E-state index in [1.165, 1.54) is 10.9 Å². The zero-order chi connectivity index (χ0) is 13.2. The normalized spacial score (nSPS) is 10.3. The van der Waals surface area contributed by atoms with Crippen molar-refractivity contribution in [1.82, 2.24) is 9.55 Å². The van der Waals surface area contributed by atoms with E-state index in [1.807, 2.05) is 6.07 Å². The summed E-state index contributed by atoms with van der Waals surface area (Å²) in [6, 6.07) is 16.2. The van der Waals surface area contributed by atoms with E-state index in [2.05, 4.69) is 11.1 Å². The molecule has 0 radical (unpaired) electrons. The SMILES string of the molecule is N#Cc1ccccc1-n1cnc2ccccc2c1=O. The molecule has 1 heterocycles. The maximum absolute atomic E-state index is 12.4. The Morgan fingerprint density at radius 2 is 1.79 bits per heavy atom. The van der Waals surface area contributed by atoms with Gasteiger partial charge in [0, 0.05) is 0 Å². The van der Waals surface area contributed by atoms with E-state index in [0.29, 0.717) is 22.2 Å². The highest BCUT2D eigenvalue weighted by atomic mass is 16.1. The summed E-state index contributed by atoms with van der Waals surface area (Å²) >= 11 is 0. The summed E-state index contributed by atoms with van der Waals surface area (Å²) in [4.78, 5) is 16.7. The van der Waals surface area contributed by atoms with E-state index in [-0.39, 0.29) is 5.56 Å². The van der Waals surface area contributed by atoms with Gasteiger partial charge < -0.3 is 0 Å². The van der Waals surface area contributed by atoms with Crippen LogP contribution in [0.1, 0.15) is 5.56 Å².